The van der Waals surface area contributed by atoms with Crippen molar-refractivity contribution in [3.8, 4) is 0 Å². The fourth-order valence-corrected chi connectivity index (χ4v) is 2.94. The van der Waals surface area contributed by atoms with Gasteiger partial charge in [-0.15, -0.1) is 0 Å². The molecule has 68 valence electrons. The van der Waals surface area contributed by atoms with E-state index in [9.17, 15) is 0 Å². The standard InChI is InChI=1S/C12H10NS/c1-2-8-12-13(9-5-1)10-6-3-4-7-11(10)14-12/h1-9,12H/q+1. The molecule has 0 saturated heterocycles. The molecule has 1 unspecified atom stereocenters. The van der Waals surface area contributed by atoms with E-state index in [1.807, 2.05) is 11.8 Å². The van der Waals surface area contributed by atoms with Crippen molar-refractivity contribution in [1.29, 1.82) is 0 Å². The molecule has 0 spiro atoms. The second-order valence-electron chi connectivity index (χ2n) is 3.30. The van der Waals surface area contributed by atoms with Gasteiger partial charge in [-0.3, -0.25) is 0 Å². The summed E-state index contributed by atoms with van der Waals surface area (Å²) < 4.78 is 2.31. The van der Waals surface area contributed by atoms with E-state index in [0.717, 1.165) is 0 Å². The SMILES string of the molecule is C1=CC=[N+]2c3ccccc3SC2C=C1. The summed E-state index contributed by atoms with van der Waals surface area (Å²) in [4.78, 5) is 1.37. The molecule has 1 nitrogen and oxygen atoms in total. The molecule has 2 aliphatic rings. The second kappa shape index (κ2) is 3.14. The van der Waals surface area contributed by atoms with Crippen LogP contribution in [0.15, 0.2) is 53.5 Å². The summed E-state index contributed by atoms with van der Waals surface area (Å²) in [7, 11) is 0. The van der Waals surface area contributed by atoms with Crippen LogP contribution in [0.4, 0.5) is 5.69 Å². The third-order valence-electron chi connectivity index (χ3n) is 2.41. The lowest BCUT2D eigenvalue weighted by Crippen LogP contribution is -2.11. The average Bonchev–Trinajstić information content (AvgIpc) is 2.42. The largest absolute Gasteiger partial charge is 0.228 e. The number of hydrogen-bond donors (Lipinski definition) is 0. The summed E-state index contributed by atoms with van der Waals surface area (Å²) >= 11 is 1.90. The Balaban J connectivity index is 2.18. The van der Waals surface area contributed by atoms with Crippen LogP contribution in [0.5, 0.6) is 0 Å². The Hall–Kier alpha value is -1.28. The van der Waals surface area contributed by atoms with Gasteiger partial charge in [0.05, 0.1) is 4.90 Å². The number of nitrogens with zero attached hydrogens (tertiary/aromatic N) is 1. The molecular formula is C12H10NS+. The number of fused-ring (bicyclic) bond motifs is 3. The lowest BCUT2D eigenvalue weighted by molar-refractivity contribution is -0.435. The Morgan fingerprint density at radius 1 is 1.07 bits per heavy atom. The number of rotatable bonds is 0. The van der Waals surface area contributed by atoms with E-state index in [1.165, 1.54) is 10.6 Å². The van der Waals surface area contributed by atoms with Crippen LogP contribution >= 0.6 is 11.8 Å². The number of allylic oxidation sites excluding steroid dienone is 3. The summed E-state index contributed by atoms with van der Waals surface area (Å²) in [5, 5.41) is 0.433. The fourth-order valence-electron chi connectivity index (χ4n) is 1.76. The number of hydrogen-bond acceptors (Lipinski definition) is 1. The first-order valence-electron chi connectivity index (χ1n) is 4.67. The van der Waals surface area contributed by atoms with Crippen LogP contribution in [0.25, 0.3) is 0 Å². The van der Waals surface area contributed by atoms with Gasteiger partial charge in [0.25, 0.3) is 0 Å². The van der Waals surface area contributed by atoms with Gasteiger partial charge < -0.3 is 0 Å². The lowest BCUT2D eigenvalue weighted by Gasteiger charge is -1.97. The van der Waals surface area contributed by atoms with Crippen LogP contribution in [0.3, 0.4) is 0 Å². The lowest BCUT2D eigenvalue weighted by atomic mass is 10.3. The molecule has 0 fully saturated rings. The quantitative estimate of drug-likeness (QED) is 0.582. The molecule has 0 amide bonds. The van der Waals surface area contributed by atoms with Crippen LogP contribution in [0, 0.1) is 0 Å². The number of para-hydroxylation sites is 1. The van der Waals surface area contributed by atoms with Gasteiger partial charge >= 0.3 is 0 Å². The Labute approximate surface area is 87.5 Å². The first-order valence-corrected chi connectivity index (χ1v) is 5.55. The van der Waals surface area contributed by atoms with Crippen LogP contribution in [0.1, 0.15) is 0 Å². The fraction of sp³-hybridized carbons (Fsp3) is 0.0833. The molecule has 2 aliphatic heterocycles. The first kappa shape index (κ1) is 8.06. The van der Waals surface area contributed by atoms with Crippen molar-refractivity contribution in [1.82, 2.24) is 0 Å². The van der Waals surface area contributed by atoms with E-state index >= 15 is 0 Å². The Kier molecular flexibility index (Phi) is 1.81. The highest BCUT2D eigenvalue weighted by molar-refractivity contribution is 8.00. The molecule has 2 heteroatoms. The van der Waals surface area contributed by atoms with Gasteiger partial charge in [0.15, 0.2) is 6.21 Å². The summed E-state index contributed by atoms with van der Waals surface area (Å²) in [5.41, 5.74) is 1.32. The zero-order chi connectivity index (χ0) is 9.38. The third kappa shape index (κ3) is 1.15. The molecule has 0 aliphatic carbocycles. The monoisotopic (exact) mass is 200 g/mol. The molecule has 2 heterocycles. The van der Waals surface area contributed by atoms with Crippen LogP contribution in [0.2, 0.25) is 0 Å². The predicted octanol–water partition coefficient (Wildman–Crippen LogP) is 2.96. The smallest absolute Gasteiger partial charge is 0.181 e. The Morgan fingerprint density at radius 3 is 3.00 bits per heavy atom. The van der Waals surface area contributed by atoms with Gasteiger partial charge in [-0.25, -0.2) is 0 Å². The Morgan fingerprint density at radius 2 is 2.00 bits per heavy atom. The molecule has 0 radical (unpaired) electrons. The minimum absolute atomic E-state index is 0.433. The highest BCUT2D eigenvalue weighted by Gasteiger charge is 2.32. The van der Waals surface area contributed by atoms with Crippen molar-refractivity contribution in [2.45, 2.75) is 10.3 Å². The molecule has 14 heavy (non-hydrogen) atoms. The van der Waals surface area contributed by atoms with Crippen molar-refractivity contribution >= 4 is 23.7 Å². The second-order valence-corrected chi connectivity index (χ2v) is 4.46. The molecule has 0 aromatic heterocycles. The summed E-state index contributed by atoms with van der Waals surface area (Å²) in [6, 6.07) is 8.54. The van der Waals surface area contributed by atoms with E-state index in [0.29, 0.717) is 5.37 Å². The number of thioether (sulfide) groups is 1. The van der Waals surface area contributed by atoms with Crippen molar-refractivity contribution in [3.63, 3.8) is 0 Å². The molecule has 0 N–H and O–H groups in total. The van der Waals surface area contributed by atoms with Gasteiger partial charge in [0.2, 0.25) is 11.1 Å². The van der Waals surface area contributed by atoms with Crippen LogP contribution in [-0.2, 0) is 0 Å². The molecule has 3 rings (SSSR count). The molecule has 0 saturated carbocycles. The van der Waals surface area contributed by atoms with E-state index in [1.54, 1.807) is 0 Å². The van der Waals surface area contributed by atoms with E-state index in [2.05, 4.69) is 59.4 Å². The normalized spacial score (nSPS) is 22.6. The molecule has 1 aromatic rings. The van der Waals surface area contributed by atoms with Crippen molar-refractivity contribution in [3.05, 3.63) is 48.6 Å². The Bertz CT molecular complexity index is 457. The van der Waals surface area contributed by atoms with E-state index in [4.69, 9.17) is 0 Å². The summed E-state index contributed by atoms with van der Waals surface area (Å²) in [6.07, 6.45) is 10.6. The van der Waals surface area contributed by atoms with Crippen LogP contribution < -0.4 is 0 Å². The van der Waals surface area contributed by atoms with E-state index in [-0.39, 0.29) is 0 Å². The average molecular weight is 200 g/mol. The van der Waals surface area contributed by atoms with Gasteiger partial charge in [-0.1, -0.05) is 24.3 Å². The summed E-state index contributed by atoms with van der Waals surface area (Å²) in [6.45, 7) is 0. The first-order chi connectivity index (χ1) is 6.95. The van der Waals surface area contributed by atoms with Gasteiger partial charge in [0.1, 0.15) is 0 Å². The zero-order valence-corrected chi connectivity index (χ0v) is 8.45. The minimum atomic E-state index is 0.433. The predicted molar refractivity (Wildman–Crippen MR) is 60.4 cm³/mol. The topological polar surface area (TPSA) is 3.01 Å². The molecule has 1 aromatic carbocycles. The molecule has 1 atom stereocenters. The van der Waals surface area contributed by atoms with Crippen molar-refractivity contribution < 1.29 is 4.58 Å². The molecular weight excluding hydrogens is 190 g/mol. The molecule has 0 bridgehead atoms. The highest BCUT2D eigenvalue weighted by Crippen LogP contribution is 2.42. The van der Waals surface area contributed by atoms with Gasteiger partial charge in [-0.2, -0.15) is 4.58 Å². The van der Waals surface area contributed by atoms with E-state index < -0.39 is 0 Å². The maximum absolute atomic E-state index is 2.31. The minimum Gasteiger partial charge on any atom is -0.181 e. The van der Waals surface area contributed by atoms with Crippen molar-refractivity contribution in [2.24, 2.45) is 0 Å². The van der Waals surface area contributed by atoms with Crippen molar-refractivity contribution in [2.75, 3.05) is 0 Å². The summed E-state index contributed by atoms with van der Waals surface area (Å²) in [5.74, 6) is 0. The number of benzene rings is 1. The van der Waals surface area contributed by atoms with Gasteiger partial charge in [0, 0.05) is 12.1 Å². The van der Waals surface area contributed by atoms with Gasteiger partial charge in [-0.05, 0) is 23.9 Å². The zero-order valence-electron chi connectivity index (χ0n) is 7.63. The third-order valence-corrected chi connectivity index (χ3v) is 3.63. The maximum Gasteiger partial charge on any atom is 0.228 e. The van der Waals surface area contributed by atoms with Crippen LogP contribution in [-0.4, -0.2) is 16.2 Å². The maximum atomic E-state index is 2.31. The highest BCUT2D eigenvalue weighted by atomic mass is 32.2.